The van der Waals surface area contributed by atoms with Crippen molar-refractivity contribution in [2.75, 3.05) is 13.2 Å². The summed E-state index contributed by atoms with van der Waals surface area (Å²) in [7, 11) is 0. The molecule has 120 valence electrons. The third kappa shape index (κ3) is 17.7. The minimum Gasteiger partial charge on any atom is -0.382 e. The van der Waals surface area contributed by atoms with Crippen molar-refractivity contribution in [2.24, 2.45) is 0 Å². The Morgan fingerprint density at radius 1 is 0.600 bits per heavy atom. The van der Waals surface area contributed by atoms with E-state index in [1.807, 2.05) is 0 Å². The van der Waals surface area contributed by atoms with Gasteiger partial charge in [0.05, 0.1) is 0 Å². The molecule has 0 aromatic carbocycles. The van der Waals surface area contributed by atoms with Crippen LogP contribution in [0.2, 0.25) is 0 Å². The van der Waals surface area contributed by atoms with Crippen molar-refractivity contribution in [1.29, 1.82) is 0 Å². The molecule has 0 atom stereocenters. The fourth-order valence-electron chi connectivity index (χ4n) is 2.42. The van der Waals surface area contributed by atoms with Gasteiger partial charge in [0.1, 0.15) is 0 Å². The van der Waals surface area contributed by atoms with Crippen LogP contribution in [0.4, 0.5) is 0 Å². The monoisotopic (exact) mass is 282 g/mol. The molecule has 0 spiro atoms. The van der Waals surface area contributed by atoms with Crippen LogP contribution in [0.3, 0.4) is 0 Å². The molecule has 0 amide bonds. The van der Waals surface area contributed by atoms with Gasteiger partial charge in [-0.1, -0.05) is 70.4 Å². The molecule has 0 unspecified atom stereocenters. The fraction of sp³-hybridized carbons (Fsp3) is 0.895. The quantitative estimate of drug-likeness (QED) is 0.227. The van der Waals surface area contributed by atoms with E-state index in [1.54, 1.807) is 0 Å². The second-order valence-corrected chi connectivity index (χ2v) is 5.78. The van der Waals surface area contributed by atoms with Crippen LogP contribution in [0.5, 0.6) is 0 Å². The molecule has 1 heteroatoms. The summed E-state index contributed by atoms with van der Waals surface area (Å²) < 4.78 is 5.34. The molecule has 0 radical (unpaired) electrons. The van der Waals surface area contributed by atoms with E-state index in [-0.39, 0.29) is 0 Å². The van der Waals surface area contributed by atoms with E-state index in [1.165, 1.54) is 83.5 Å². The van der Waals surface area contributed by atoms with Gasteiger partial charge in [-0.25, -0.2) is 0 Å². The van der Waals surface area contributed by atoms with E-state index >= 15 is 0 Å². The van der Waals surface area contributed by atoms with Gasteiger partial charge in [-0.2, -0.15) is 0 Å². The lowest BCUT2D eigenvalue weighted by atomic mass is 10.1. The van der Waals surface area contributed by atoms with Gasteiger partial charge >= 0.3 is 0 Å². The molecule has 0 aromatic heterocycles. The van der Waals surface area contributed by atoms with Gasteiger partial charge in [0, 0.05) is 13.2 Å². The zero-order valence-corrected chi connectivity index (χ0v) is 14.2. The molecule has 1 nitrogen and oxygen atoms in total. The van der Waals surface area contributed by atoms with Gasteiger partial charge in [0.15, 0.2) is 0 Å². The lowest BCUT2D eigenvalue weighted by molar-refractivity contribution is 0.143. The fourth-order valence-corrected chi connectivity index (χ4v) is 2.42. The zero-order valence-electron chi connectivity index (χ0n) is 14.2. The van der Waals surface area contributed by atoms with Crippen molar-refractivity contribution >= 4 is 0 Å². The van der Waals surface area contributed by atoms with Gasteiger partial charge in [-0.05, 0) is 39.0 Å². The normalized spacial score (nSPS) is 11.5. The zero-order chi connectivity index (χ0) is 14.7. The molecule has 0 aliphatic rings. The third-order valence-electron chi connectivity index (χ3n) is 3.75. The molecular formula is C19H38O. The molecule has 0 N–H and O–H groups in total. The highest BCUT2D eigenvalue weighted by Gasteiger charge is 1.91. The summed E-state index contributed by atoms with van der Waals surface area (Å²) in [5.74, 6) is 0. The second kappa shape index (κ2) is 18.7. The molecule has 0 heterocycles. The summed E-state index contributed by atoms with van der Waals surface area (Å²) in [6, 6.07) is 0. The maximum Gasteiger partial charge on any atom is 0.0465 e. The molecule has 0 saturated carbocycles. The van der Waals surface area contributed by atoms with E-state index in [0.717, 1.165) is 13.2 Å². The van der Waals surface area contributed by atoms with Crippen LogP contribution < -0.4 is 0 Å². The Balaban J connectivity index is 3.00. The summed E-state index contributed by atoms with van der Waals surface area (Å²) >= 11 is 0. The van der Waals surface area contributed by atoms with Crippen molar-refractivity contribution in [1.82, 2.24) is 0 Å². The highest BCUT2D eigenvalue weighted by molar-refractivity contribution is 4.81. The molecule has 0 aromatic rings. The van der Waals surface area contributed by atoms with Gasteiger partial charge in [-0.15, -0.1) is 0 Å². The summed E-state index contributed by atoms with van der Waals surface area (Å²) in [6.07, 6.45) is 22.5. The SMILES string of the molecule is CCCCCCC=CCCCCCCCCCOCC. The van der Waals surface area contributed by atoms with Crippen LogP contribution in [-0.4, -0.2) is 13.2 Å². The van der Waals surface area contributed by atoms with Crippen LogP contribution >= 0.6 is 0 Å². The highest BCUT2D eigenvalue weighted by atomic mass is 16.5. The number of hydrogen-bond acceptors (Lipinski definition) is 1. The van der Waals surface area contributed by atoms with Crippen LogP contribution in [-0.2, 0) is 4.74 Å². The number of allylic oxidation sites excluding steroid dienone is 2. The van der Waals surface area contributed by atoms with Crippen molar-refractivity contribution in [3.8, 4) is 0 Å². The molecule has 0 aliphatic carbocycles. The minimum absolute atomic E-state index is 0.867. The van der Waals surface area contributed by atoms with Crippen LogP contribution in [0.15, 0.2) is 12.2 Å². The second-order valence-electron chi connectivity index (χ2n) is 5.78. The van der Waals surface area contributed by atoms with Gasteiger partial charge in [0.2, 0.25) is 0 Å². The van der Waals surface area contributed by atoms with E-state index < -0.39 is 0 Å². The first-order chi connectivity index (χ1) is 9.91. The van der Waals surface area contributed by atoms with E-state index in [2.05, 4.69) is 26.0 Å². The predicted octanol–water partition coefficient (Wildman–Crippen LogP) is 6.67. The van der Waals surface area contributed by atoms with Crippen LogP contribution in [0, 0.1) is 0 Å². The standard InChI is InChI=1S/C19H38O/c1-3-5-6-7-8-9-10-11-12-13-14-15-16-17-18-19-20-4-2/h9-10H,3-8,11-19H2,1-2H3. The van der Waals surface area contributed by atoms with Crippen molar-refractivity contribution < 1.29 is 4.74 Å². The largest absolute Gasteiger partial charge is 0.382 e. The minimum atomic E-state index is 0.867. The van der Waals surface area contributed by atoms with E-state index in [9.17, 15) is 0 Å². The topological polar surface area (TPSA) is 9.23 Å². The summed E-state index contributed by atoms with van der Waals surface area (Å²) in [4.78, 5) is 0. The third-order valence-corrected chi connectivity index (χ3v) is 3.75. The molecular weight excluding hydrogens is 244 g/mol. The average Bonchev–Trinajstić information content (AvgIpc) is 2.47. The number of unbranched alkanes of at least 4 members (excludes halogenated alkanes) is 11. The summed E-state index contributed by atoms with van der Waals surface area (Å²) in [6.45, 7) is 6.17. The van der Waals surface area contributed by atoms with E-state index in [4.69, 9.17) is 4.74 Å². The number of rotatable bonds is 16. The van der Waals surface area contributed by atoms with Crippen LogP contribution in [0.25, 0.3) is 0 Å². The number of ether oxygens (including phenoxy) is 1. The Kier molecular flexibility index (Phi) is 18.4. The number of hydrogen-bond donors (Lipinski definition) is 0. The van der Waals surface area contributed by atoms with Gasteiger partial charge < -0.3 is 4.74 Å². The highest BCUT2D eigenvalue weighted by Crippen LogP contribution is 2.09. The predicted molar refractivity (Wildman–Crippen MR) is 91.3 cm³/mol. The Morgan fingerprint density at radius 3 is 1.65 bits per heavy atom. The Labute approximate surface area is 128 Å². The van der Waals surface area contributed by atoms with Crippen molar-refractivity contribution in [2.45, 2.75) is 97.3 Å². The Bertz CT molecular complexity index is 186. The lowest BCUT2D eigenvalue weighted by Gasteiger charge is -2.02. The van der Waals surface area contributed by atoms with E-state index in [0.29, 0.717) is 0 Å². The average molecular weight is 283 g/mol. The van der Waals surface area contributed by atoms with Crippen molar-refractivity contribution in [3.05, 3.63) is 12.2 Å². The summed E-state index contributed by atoms with van der Waals surface area (Å²) in [5, 5.41) is 0. The molecule has 0 saturated heterocycles. The Hall–Kier alpha value is -0.300. The summed E-state index contributed by atoms with van der Waals surface area (Å²) in [5.41, 5.74) is 0. The molecule has 0 fully saturated rings. The van der Waals surface area contributed by atoms with Crippen LogP contribution in [0.1, 0.15) is 97.3 Å². The van der Waals surface area contributed by atoms with Gasteiger partial charge in [-0.3, -0.25) is 0 Å². The smallest absolute Gasteiger partial charge is 0.0465 e. The molecule has 20 heavy (non-hydrogen) atoms. The maximum absolute atomic E-state index is 5.34. The molecule has 0 rings (SSSR count). The molecule has 0 aliphatic heterocycles. The van der Waals surface area contributed by atoms with Gasteiger partial charge in [0.25, 0.3) is 0 Å². The maximum atomic E-state index is 5.34. The van der Waals surface area contributed by atoms with Crippen molar-refractivity contribution in [3.63, 3.8) is 0 Å². The lowest BCUT2D eigenvalue weighted by Crippen LogP contribution is -1.92. The Morgan fingerprint density at radius 2 is 1.10 bits per heavy atom. The first kappa shape index (κ1) is 19.7. The molecule has 0 bridgehead atoms. The first-order valence-corrected chi connectivity index (χ1v) is 9.14. The first-order valence-electron chi connectivity index (χ1n) is 9.14.